The Morgan fingerprint density at radius 1 is 1.00 bits per heavy atom. The summed E-state index contributed by atoms with van der Waals surface area (Å²) in [6, 6.07) is 16.0. The van der Waals surface area contributed by atoms with Gasteiger partial charge in [0.15, 0.2) is 0 Å². The first-order chi connectivity index (χ1) is 13.7. The number of benzene rings is 2. The summed E-state index contributed by atoms with van der Waals surface area (Å²) in [7, 11) is 1.66. The van der Waals surface area contributed by atoms with Gasteiger partial charge in [0.05, 0.1) is 13.2 Å². The standard InChI is InChI=1S/C24H32N2O2/c1-3-23(20-12-14-22(28-2)15-13-20)25-24(27)21-10-8-19(9-11-21)18-26-16-6-4-5-7-17-26/h8-15,23H,3-7,16-18H2,1-2H3,(H,25,27)/t23-/m1/s1. The summed E-state index contributed by atoms with van der Waals surface area (Å²) in [6.07, 6.45) is 6.13. The topological polar surface area (TPSA) is 41.6 Å². The van der Waals surface area contributed by atoms with E-state index >= 15 is 0 Å². The van der Waals surface area contributed by atoms with Gasteiger partial charge in [-0.3, -0.25) is 9.69 Å². The van der Waals surface area contributed by atoms with Gasteiger partial charge in [-0.2, -0.15) is 0 Å². The summed E-state index contributed by atoms with van der Waals surface area (Å²) in [5.74, 6) is 0.800. The van der Waals surface area contributed by atoms with Gasteiger partial charge in [-0.1, -0.05) is 44.0 Å². The fourth-order valence-corrected chi connectivity index (χ4v) is 3.81. The molecule has 1 aliphatic heterocycles. The van der Waals surface area contributed by atoms with Crippen LogP contribution in [0.1, 0.15) is 66.6 Å². The second-order valence-electron chi connectivity index (χ2n) is 7.59. The van der Waals surface area contributed by atoms with Crippen LogP contribution in [0, 0.1) is 0 Å². The van der Waals surface area contributed by atoms with E-state index in [9.17, 15) is 4.79 Å². The molecular formula is C24H32N2O2. The van der Waals surface area contributed by atoms with Crippen molar-refractivity contribution < 1.29 is 9.53 Å². The van der Waals surface area contributed by atoms with Crippen molar-refractivity contribution in [2.45, 2.75) is 51.6 Å². The highest BCUT2D eigenvalue weighted by Crippen LogP contribution is 2.21. The smallest absolute Gasteiger partial charge is 0.251 e. The van der Waals surface area contributed by atoms with Crippen molar-refractivity contribution in [1.29, 1.82) is 0 Å². The number of hydrogen-bond donors (Lipinski definition) is 1. The lowest BCUT2D eigenvalue weighted by atomic mass is 10.0. The van der Waals surface area contributed by atoms with Crippen LogP contribution in [-0.2, 0) is 6.54 Å². The highest BCUT2D eigenvalue weighted by Gasteiger charge is 2.15. The molecule has 1 saturated heterocycles. The van der Waals surface area contributed by atoms with Crippen LogP contribution in [0.4, 0.5) is 0 Å². The van der Waals surface area contributed by atoms with Crippen LogP contribution in [-0.4, -0.2) is 31.0 Å². The molecule has 3 rings (SSSR count). The fraction of sp³-hybridized carbons (Fsp3) is 0.458. The normalized spacial score (nSPS) is 16.2. The van der Waals surface area contributed by atoms with Crippen molar-refractivity contribution in [3.8, 4) is 5.75 Å². The molecule has 4 heteroatoms. The first-order valence-electron chi connectivity index (χ1n) is 10.5. The lowest BCUT2D eigenvalue weighted by Crippen LogP contribution is -2.28. The summed E-state index contributed by atoms with van der Waals surface area (Å²) in [4.78, 5) is 15.2. The third kappa shape index (κ3) is 5.59. The average Bonchev–Trinajstić information content (AvgIpc) is 3.01. The first kappa shape index (κ1) is 20.4. The summed E-state index contributed by atoms with van der Waals surface area (Å²) < 4.78 is 5.21. The van der Waals surface area contributed by atoms with Crippen molar-refractivity contribution in [2.24, 2.45) is 0 Å². The zero-order valence-electron chi connectivity index (χ0n) is 17.1. The molecule has 1 aliphatic rings. The molecule has 150 valence electrons. The molecule has 1 atom stereocenters. The third-order valence-corrected chi connectivity index (χ3v) is 5.55. The third-order valence-electron chi connectivity index (χ3n) is 5.55. The minimum absolute atomic E-state index is 0.00446. The molecule has 0 aliphatic carbocycles. The van der Waals surface area contributed by atoms with Crippen molar-refractivity contribution in [2.75, 3.05) is 20.2 Å². The number of likely N-dealkylation sites (tertiary alicyclic amines) is 1. The van der Waals surface area contributed by atoms with Gasteiger partial charge in [-0.05, 0) is 67.7 Å². The molecule has 1 heterocycles. The number of rotatable bonds is 7. The van der Waals surface area contributed by atoms with E-state index in [-0.39, 0.29) is 11.9 Å². The van der Waals surface area contributed by atoms with Gasteiger partial charge in [0.2, 0.25) is 0 Å². The summed E-state index contributed by atoms with van der Waals surface area (Å²) in [5.41, 5.74) is 3.08. The zero-order valence-corrected chi connectivity index (χ0v) is 17.1. The predicted octanol–water partition coefficient (Wildman–Crippen LogP) is 4.95. The van der Waals surface area contributed by atoms with Crippen molar-refractivity contribution in [1.82, 2.24) is 10.2 Å². The molecule has 0 spiro atoms. The number of hydrogen-bond acceptors (Lipinski definition) is 3. The molecule has 0 radical (unpaired) electrons. The van der Waals surface area contributed by atoms with Gasteiger partial charge in [0, 0.05) is 12.1 Å². The average molecular weight is 381 g/mol. The Balaban J connectivity index is 1.59. The Morgan fingerprint density at radius 3 is 2.21 bits per heavy atom. The minimum atomic E-state index is -0.0241. The Labute approximate surface area is 168 Å². The number of methoxy groups -OCH3 is 1. The number of carbonyl (C=O) groups is 1. The van der Waals surface area contributed by atoms with Gasteiger partial charge in [-0.25, -0.2) is 0 Å². The van der Waals surface area contributed by atoms with Gasteiger partial charge < -0.3 is 10.1 Å². The molecule has 28 heavy (non-hydrogen) atoms. The molecule has 0 bridgehead atoms. The van der Waals surface area contributed by atoms with Crippen LogP contribution in [0.25, 0.3) is 0 Å². The number of nitrogens with zero attached hydrogens (tertiary/aromatic N) is 1. The van der Waals surface area contributed by atoms with Gasteiger partial charge in [0.25, 0.3) is 5.91 Å². The maximum Gasteiger partial charge on any atom is 0.251 e. The first-order valence-corrected chi connectivity index (χ1v) is 10.5. The lowest BCUT2D eigenvalue weighted by molar-refractivity contribution is 0.0935. The molecule has 1 N–H and O–H groups in total. The fourth-order valence-electron chi connectivity index (χ4n) is 3.81. The highest BCUT2D eigenvalue weighted by molar-refractivity contribution is 5.94. The van der Waals surface area contributed by atoms with Crippen LogP contribution in [0.3, 0.4) is 0 Å². The van der Waals surface area contributed by atoms with Crippen LogP contribution in [0.2, 0.25) is 0 Å². The SMILES string of the molecule is CC[C@@H](NC(=O)c1ccc(CN2CCCCCC2)cc1)c1ccc(OC)cc1. The Kier molecular flexibility index (Phi) is 7.49. The van der Waals surface area contributed by atoms with Crippen LogP contribution in [0.5, 0.6) is 5.75 Å². The van der Waals surface area contributed by atoms with Gasteiger partial charge >= 0.3 is 0 Å². The quantitative estimate of drug-likeness (QED) is 0.739. The number of nitrogens with one attached hydrogen (secondary N) is 1. The van der Waals surface area contributed by atoms with Crippen molar-refractivity contribution in [3.63, 3.8) is 0 Å². The van der Waals surface area contributed by atoms with E-state index in [1.165, 1.54) is 44.3 Å². The van der Waals surface area contributed by atoms with E-state index in [2.05, 4.69) is 29.3 Å². The second kappa shape index (κ2) is 10.3. The number of ether oxygens (including phenoxy) is 1. The van der Waals surface area contributed by atoms with E-state index in [1.54, 1.807) is 7.11 Å². The molecule has 0 saturated carbocycles. The van der Waals surface area contributed by atoms with E-state index in [1.807, 2.05) is 36.4 Å². The minimum Gasteiger partial charge on any atom is -0.497 e. The summed E-state index contributed by atoms with van der Waals surface area (Å²) in [5, 5.41) is 3.16. The van der Waals surface area contributed by atoms with Crippen molar-refractivity contribution >= 4 is 5.91 Å². The van der Waals surface area contributed by atoms with Crippen molar-refractivity contribution in [3.05, 3.63) is 65.2 Å². The molecule has 0 unspecified atom stereocenters. The highest BCUT2D eigenvalue weighted by atomic mass is 16.5. The van der Waals surface area contributed by atoms with Crippen LogP contribution >= 0.6 is 0 Å². The Morgan fingerprint density at radius 2 is 1.64 bits per heavy atom. The number of carbonyl (C=O) groups excluding carboxylic acids is 1. The van der Waals surface area contributed by atoms with Crippen LogP contribution < -0.4 is 10.1 Å². The largest absolute Gasteiger partial charge is 0.497 e. The van der Waals surface area contributed by atoms with E-state index in [0.29, 0.717) is 5.56 Å². The summed E-state index contributed by atoms with van der Waals surface area (Å²) in [6.45, 7) is 5.43. The molecule has 2 aromatic rings. The Bertz CT molecular complexity index is 732. The Hall–Kier alpha value is -2.33. The molecule has 1 fully saturated rings. The molecule has 0 aromatic heterocycles. The zero-order chi connectivity index (χ0) is 19.8. The second-order valence-corrected chi connectivity index (χ2v) is 7.59. The monoisotopic (exact) mass is 380 g/mol. The lowest BCUT2D eigenvalue weighted by Gasteiger charge is -2.20. The molecule has 2 aromatic carbocycles. The maximum absolute atomic E-state index is 12.7. The van der Waals surface area contributed by atoms with E-state index < -0.39 is 0 Å². The van der Waals surface area contributed by atoms with Gasteiger partial charge in [0.1, 0.15) is 5.75 Å². The molecular weight excluding hydrogens is 348 g/mol. The maximum atomic E-state index is 12.7. The molecule has 4 nitrogen and oxygen atoms in total. The number of amides is 1. The predicted molar refractivity (Wildman–Crippen MR) is 114 cm³/mol. The molecule has 1 amide bonds. The van der Waals surface area contributed by atoms with E-state index in [4.69, 9.17) is 4.74 Å². The van der Waals surface area contributed by atoms with Crippen LogP contribution in [0.15, 0.2) is 48.5 Å². The van der Waals surface area contributed by atoms with Gasteiger partial charge in [-0.15, -0.1) is 0 Å². The summed E-state index contributed by atoms with van der Waals surface area (Å²) >= 11 is 0. The van der Waals surface area contributed by atoms with E-state index in [0.717, 1.165) is 24.3 Å².